The SMILES string of the molecule is COC(=O)N[C@H](C(=O)N1CCC[C@H]1C1=NC=C(c2ccc(B3OC(C)(C)C(C)(C)O3)c(OC)c2)C1)C(C)C. The minimum atomic E-state index is -0.649. The number of allylic oxidation sites excluding steroid dienone is 1. The Bertz CT molecular complexity index is 1130. The van der Waals surface area contributed by atoms with Gasteiger partial charge in [-0.2, -0.15) is 0 Å². The molecule has 0 spiro atoms. The second-order valence-corrected chi connectivity index (χ2v) is 11.5. The Morgan fingerprint density at radius 3 is 2.45 bits per heavy atom. The fraction of sp³-hybridized carbons (Fsp3) is 0.607. The molecule has 0 aromatic heterocycles. The maximum Gasteiger partial charge on any atom is 0.498 e. The van der Waals surface area contributed by atoms with E-state index >= 15 is 0 Å². The molecule has 0 radical (unpaired) electrons. The number of carbonyl (C=O) groups is 2. The average Bonchev–Trinajstić information content (AvgIpc) is 3.59. The summed E-state index contributed by atoms with van der Waals surface area (Å²) >= 11 is 0. The van der Waals surface area contributed by atoms with Crippen LogP contribution in [0.1, 0.15) is 66.4 Å². The number of rotatable bonds is 7. The Morgan fingerprint density at radius 1 is 1.16 bits per heavy atom. The Kier molecular flexibility index (Phi) is 7.95. The van der Waals surface area contributed by atoms with Crippen molar-refractivity contribution in [1.82, 2.24) is 10.2 Å². The normalized spacial score (nSPS) is 22.8. The number of hydrogen-bond acceptors (Lipinski definition) is 7. The number of carbonyl (C=O) groups excluding carboxylic acids is 2. The summed E-state index contributed by atoms with van der Waals surface area (Å²) in [7, 11) is 2.43. The number of likely N-dealkylation sites (tertiary alicyclic amines) is 1. The third kappa shape index (κ3) is 5.34. The number of ether oxygens (including phenoxy) is 2. The van der Waals surface area contributed by atoms with Crippen molar-refractivity contribution >= 4 is 35.9 Å². The lowest BCUT2D eigenvalue weighted by Crippen LogP contribution is -2.53. The van der Waals surface area contributed by atoms with Gasteiger partial charge in [0, 0.05) is 30.3 Å². The van der Waals surface area contributed by atoms with E-state index in [1.165, 1.54) is 7.11 Å². The number of methoxy groups -OCH3 is 2. The molecule has 3 aliphatic rings. The summed E-state index contributed by atoms with van der Waals surface area (Å²) in [6.45, 7) is 12.6. The molecule has 0 unspecified atom stereocenters. The van der Waals surface area contributed by atoms with Crippen LogP contribution in [0.3, 0.4) is 0 Å². The Morgan fingerprint density at radius 2 is 1.84 bits per heavy atom. The molecular weight excluding hydrogens is 485 g/mol. The molecule has 0 saturated carbocycles. The lowest BCUT2D eigenvalue weighted by molar-refractivity contribution is -0.134. The molecule has 0 aliphatic carbocycles. The molecular formula is C28H40BN3O6. The van der Waals surface area contributed by atoms with Gasteiger partial charge in [-0.05, 0) is 63.7 Å². The van der Waals surface area contributed by atoms with Gasteiger partial charge in [0.1, 0.15) is 11.8 Å². The number of alkyl carbamates (subject to hydrolysis) is 1. The fourth-order valence-electron chi connectivity index (χ4n) is 5.16. The van der Waals surface area contributed by atoms with Gasteiger partial charge in [-0.3, -0.25) is 9.79 Å². The van der Waals surface area contributed by atoms with Crippen molar-refractivity contribution in [3.8, 4) is 5.75 Å². The lowest BCUT2D eigenvalue weighted by atomic mass is 9.77. The maximum atomic E-state index is 13.4. The van der Waals surface area contributed by atoms with Crippen LogP contribution in [-0.4, -0.2) is 73.8 Å². The zero-order valence-corrected chi connectivity index (χ0v) is 23.8. The van der Waals surface area contributed by atoms with E-state index in [2.05, 4.69) is 5.32 Å². The van der Waals surface area contributed by atoms with Crippen LogP contribution >= 0.6 is 0 Å². The quantitative estimate of drug-likeness (QED) is 0.547. The van der Waals surface area contributed by atoms with E-state index in [9.17, 15) is 9.59 Å². The molecule has 0 bridgehead atoms. The first kappa shape index (κ1) is 28.2. The summed E-state index contributed by atoms with van der Waals surface area (Å²) < 4.78 is 22.9. The van der Waals surface area contributed by atoms with Crippen LogP contribution in [0, 0.1) is 5.92 Å². The predicted octanol–water partition coefficient (Wildman–Crippen LogP) is 3.55. The molecule has 1 aromatic carbocycles. The summed E-state index contributed by atoms with van der Waals surface area (Å²) in [6, 6.07) is 5.29. The van der Waals surface area contributed by atoms with Gasteiger partial charge < -0.3 is 29.0 Å². The largest absolute Gasteiger partial charge is 0.498 e. The van der Waals surface area contributed by atoms with Gasteiger partial charge in [0.2, 0.25) is 5.91 Å². The number of aliphatic imine (C=N–C) groups is 1. The highest BCUT2D eigenvalue weighted by atomic mass is 16.7. The van der Waals surface area contributed by atoms with Crippen molar-refractivity contribution in [3.05, 3.63) is 30.0 Å². The number of hydrogen-bond donors (Lipinski definition) is 1. The highest BCUT2D eigenvalue weighted by Crippen LogP contribution is 2.38. The van der Waals surface area contributed by atoms with Crippen molar-refractivity contribution < 1.29 is 28.4 Å². The Balaban J connectivity index is 1.47. The Labute approximate surface area is 226 Å². The average molecular weight is 525 g/mol. The molecule has 1 N–H and O–H groups in total. The number of benzene rings is 1. The molecule has 2 fully saturated rings. The minimum Gasteiger partial charge on any atom is -0.497 e. The van der Waals surface area contributed by atoms with Gasteiger partial charge in [-0.25, -0.2) is 4.79 Å². The number of nitrogens with zero attached hydrogens (tertiary/aromatic N) is 2. The van der Waals surface area contributed by atoms with E-state index in [1.54, 1.807) is 7.11 Å². The van der Waals surface area contributed by atoms with Gasteiger partial charge in [0.25, 0.3) is 0 Å². The number of amides is 2. The lowest BCUT2D eigenvalue weighted by Gasteiger charge is -2.32. The van der Waals surface area contributed by atoms with E-state index in [0.717, 1.165) is 35.2 Å². The van der Waals surface area contributed by atoms with E-state index in [1.807, 2.05) is 70.8 Å². The first-order valence-electron chi connectivity index (χ1n) is 13.3. The maximum absolute atomic E-state index is 13.4. The van der Waals surface area contributed by atoms with Gasteiger partial charge in [-0.15, -0.1) is 0 Å². The molecule has 38 heavy (non-hydrogen) atoms. The molecule has 3 heterocycles. The van der Waals surface area contributed by atoms with Crippen molar-refractivity contribution in [2.45, 2.75) is 84.1 Å². The van der Waals surface area contributed by atoms with Crippen LogP contribution in [0.4, 0.5) is 4.79 Å². The van der Waals surface area contributed by atoms with Gasteiger partial charge >= 0.3 is 13.2 Å². The smallest absolute Gasteiger partial charge is 0.497 e. The van der Waals surface area contributed by atoms with Crippen LogP contribution in [0.25, 0.3) is 5.57 Å². The summed E-state index contributed by atoms with van der Waals surface area (Å²) in [5.41, 5.74) is 2.99. The molecule has 2 amide bonds. The first-order valence-corrected chi connectivity index (χ1v) is 13.3. The molecule has 9 nitrogen and oxygen atoms in total. The van der Waals surface area contributed by atoms with Crippen molar-refractivity contribution in [1.29, 1.82) is 0 Å². The van der Waals surface area contributed by atoms with Crippen molar-refractivity contribution in [3.63, 3.8) is 0 Å². The van der Waals surface area contributed by atoms with E-state index in [-0.39, 0.29) is 17.9 Å². The third-order valence-corrected chi connectivity index (χ3v) is 8.18. The van der Waals surface area contributed by atoms with Crippen LogP contribution in [0.15, 0.2) is 29.4 Å². The third-order valence-electron chi connectivity index (χ3n) is 8.18. The minimum absolute atomic E-state index is 0.0722. The molecule has 4 rings (SSSR count). The first-order chi connectivity index (χ1) is 17.9. The highest BCUT2D eigenvalue weighted by molar-refractivity contribution is 6.63. The van der Waals surface area contributed by atoms with Crippen LogP contribution in [0.2, 0.25) is 0 Å². The summed E-state index contributed by atoms with van der Waals surface area (Å²) in [5, 5.41) is 2.70. The molecule has 206 valence electrons. The van der Waals surface area contributed by atoms with Crippen molar-refractivity contribution in [2.75, 3.05) is 20.8 Å². The zero-order chi connectivity index (χ0) is 27.8. The summed E-state index contributed by atoms with van der Waals surface area (Å²) in [4.78, 5) is 31.9. The van der Waals surface area contributed by atoms with Gasteiger partial charge in [0.15, 0.2) is 0 Å². The van der Waals surface area contributed by atoms with E-state index in [4.69, 9.17) is 23.8 Å². The summed E-state index contributed by atoms with van der Waals surface area (Å²) in [5.74, 6) is 0.524. The van der Waals surface area contributed by atoms with Gasteiger partial charge in [-0.1, -0.05) is 26.0 Å². The molecule has 2 atom stereocenters. The highest BCUT2D eigenvalue weighted by Gasteiger charge is 2.52. The second-order valence-electron chi connectivity index (χ2n) is 11.5. The van der Waals surface area contributed by atoms with Crippen LogP contribution in [-0.2, 0) is 18.8 Å². The van der Waals surface area contributed by atoms with Crippen molar-refractivity contribution in [2.24, 2.45) is 10.9 Å². The molecule has 3 aliphatic heterocycles. The van der Waals surface area contributed by atoms with Crippen LogP contribution in [0.5, 0.6) is 5.75 Å². The molecule has 10 heteroatoms. The molecule has 2 saturated heterocycles. The Hall–Kier alpha value is -2.85. The molecule has 1 aromatic rings. The predicted molar refractivity (Wildman–Crippen MR) is 148 cm³/mol. The summed E-state index contributed by atoms with van der Waals surface area (Å²) in [6.07, 6.45) is 3.66. The monoisotopic (exact) mass is 525 g/mol. The fourth-order valence-corrected chi connectivity index (χ4v) is 5.16. The topological polar surface area (TPSA) is 98.7 Å². The standard InChI is InChI=1S/C28H40BN3O6/c1-17(2)24(31-26(34)36-8)25(33)32-13-9-10-22(32)21-14-19(16-30-21)18-11-12-20(23(15-18)35-7)29-37-27(3,4)28(5,6)38-29/h11-12,15-17,22,24H,9-10,13-14H2,1-8H3,(H,31,34)/t22-,24-/m0/s1. The second kappa shape index (κ2) is 10.7. The van der Waals surface area contributed by atoms with E-state index in [0.29, 0.717) is 18.7 Å². The zero-order valence-electron chi connectivity index (χ0n) is 23.8. The van der Waals surface area contributed by atoms with Crippen LogP contribution < -0.4 is 15.5 Å². The van der Waals surface area contributed by atoms with E-state index < -0.39 is 30.5 Å². The van der Waals surface area contributed by atoms with Gasteiger partial charge in [0.05, 0.1) is 31.5 Å². The number of nitrogens with one attached hydrogen (secondary N) is 1.